The normalized spacial score (nSPS) is 10.0. The van der Waals surface area contributed by atoms with E-state index in [2.05, 4.69) is 4.98 Å². The zero-order valence-corrected chi connectivity index (χ0v) is 16.1. The summed E-state index contributed by atoms with van der Waals surface area (Å²) in [7, 11) is -6.00. The fraction of sp³-hybridized carbons (Fsp3) is 0. The molecule has 2 aromatic rings. The van der Waals surface area contributed by atoms with Gasteiger partial charge in [0.25, 0.3) is 0 Å². The van der Waals surface area contributed by atoms with Crippen LogP contribution in [0.4, 0.5) is 40.5 Å². The fourth-order valence-corrected chi connectivity index (χ4v) is 2.02. The number of benzene rings is 2. The van der Waals surface area contributed by atoms with Crippen LogP contribution in [0, 0.1) is 40.0 Å². The van der Waals surface area contributed by atoms with Gasteiger partial charge in [-0.1, -0.05) is 46.4 Å². The summed E-state index contributed by atoms with van der Waals surface area (Å²) in [6.45, 7) is 0. The maximum atomic E-state index is 12.6. The molecule has 16 heteroatoms. The van der Waals surface area contributed by atoms with Crippen molar-refractivity contribution in [2.45, 2.75) is 0 Å². The summed E-state index contributed by atoms with van der Waals surface area (Å²) in [5, 5.41) is 14.9. The van der Waals surface area contributed by atoms with Crippen molar-refractivity contribution in [1.82, 2.24) is 0 Å². The van der Waals surface area contributed by atoms with Crippen LogP contribution in [0.25, 0.3) is 4.98 Å². The summed E-state index contributed by atoms with van der Waals surface area (Å²) >= 11 is 21.3. The molecule has 0 N–H and O–H groups in total. The summed E-state index contributed by atoms with van der Waals surface area (Å²) in [5.41, 5.74) is -0.485. The number of hydrogen-bond donors (Lipinski definition) is 0. The first-order valence-electron chi connectivity index (χ1n) is 6.44. The minimum absolute atomic E-state index is 0.180. The molecule has 0 radical (unpaired) electrons. The van der Waals surface area contributed by atoms with Gasteiger partial charge in [0.05, 0.1) is 21.7 Å². The molecule has 0 aliphatic rings. The summed E-state index contributed by atoms with van der Waals surface area (Å²) in [6.07, 6.45) is 0. The zero-order valence-electron chi connectivity index (χ0n) is 13.1. The zero-order chi connectivity index (χ0) is 23.1. The Bertz CT molecular complexity index is 909. The minimum atomic E-state index is -6.00. The Morgan fingerprint density at radius 3 is 1.52 bits per heavy atom. The second-order valence-corrected chi connectivity index (χ2v) is 5.89. The van der Waals surface area contributed by atoms with Gasteiger partial charge in [-0.3, -0.25) is 0 Å². The Labute approximate surface area is 177 Å². The topological polar surface area (TPSA) is 51.9 Å². The predicted octanol–water partition coefficient (Wildman–Crippen LogP) is 8.20. The fourth-order valence-electron chi connectivity index (χ4n) is 1.29. The highest BCUT2D eigenvalue weighted by Crippen LogP contribution is 2.35. The number of rotatable bonds is 0. The van der Waals surface area contributed by atoms with Crippen LogP contribution in [0.1, 0.15) is 5.56 Å². The lowest BCUT2D eigenvalue weighted by molar-refractivity contribution is 0.368. The van der Waals surface area contributed by atoms with E-state index in [9.17, 15) is 34.8 Å². The molecule has 0 aliphatic heterocycles. The average Bonchev–Trinajstić information content (AvgIpc) is 2.63. The van der Waals surface area contributed by atoms with Gasteiger partial charge in [-0.05, 0) is 6.07 Å². The first-order valence-corrected chi connectivity index (χ1v) is 7.95. The molecule has 3 nitrogen and oxygen atoms in total. The summed E-state index contributed by atoms with van der Waals surface area (Å²) in [4.78, 5) is 2.61. The maximum Gasteiger partial charge on any atom is 0.673 e. The molecule has 0 fully saturated rings. The van der Waals surface area contributed by atoms with Gasteiger partial charge in [-0.15, -0.1) is 0 Å². The predicted molar refractivity (Wildman–Crippen MR) is 92.4 cm³/mol. The number of nitrogens with zero attached hydrogens (tertiary/aromatic N) is 3. The van der Waals surface area contributed by atoms with Crippen LogP contribution in [-0.4, -0.2) is 7.25 Å². The largest absolute Gasteiger partial charge is 0.673 e. The minimum Gasteiger partial charge on any atom is -0.418 e. The van der Waals surface area contributed by atoms with E-state index in [4.69, 9.17) is 57.1 Å². The summed E-state index contributed by atoms with van der Waals surface area (Å²) in [5.74, 6) is -4.88. The van der Waals surface area contributed by atoms with Crippen molar-refractivity contribution >= 4 is 59.3 Å². The number of diazo groups is 1. The van der Waals surface area contributed by atoms with Crippen molar-refractivity contribution < 1.29 is 34.8 Å². The highest BCUT2D eigenvalue weighted by Gasteiger charge is 2.23. The van der Waals surface area contributed by atoms with E-state index in [1.807, 2.05) is 0 Å². The number of nitriles is 1. The van der Waals surface area contributed by atoms with Crippen LogP contribution in [0.2, 0.25) is 20.1 Å². The van der Waals surface area contributed by atoms with Gasteiger partial charge in [0.1, 0.15) is 11.1 Å². The van der Waals surface area contributed by atoms with Crippen LogP contribution in [0.5, 0.6) is 0 Å². The lowest BCUT2D eigenvalue weighted by Crippen LogP contribution is -2.02. The molecule has 0 spiro atoms. The lowest BCUT2D eigenvalue weighted by Gasteiger charge is -1.99. The van der Waals surface area contributed by atoms with E-state index >= 15 is 0 Å². The van der Waals surface area contributed by atoms with Crippen molar-refractivity contribution in [2.24, 2.45) is 0 Å². The Kier molecular flexibility index (Phi) is 10.5. The monoisotopic (exact) mass is 503 g/mol. The van der Waals surface area contributed by atoms with Crippen molar-refractivity contribution in [3.05, 3.63) is 66.0 Å². The molecule has 2 aromatic carbocycles. The van der Waals surface area contributed by atoms with E-state index in [1.165, 1.54) is 0 Å². The molecule has 0 unspecified atom stereocenters. The first kappa shape index (κ1) is 27.0. The summed E-state index contributed by atoms with van der Waals surface area (Å²) in [6, 6.07) is 2.92. The van der Waals surface area contributed by atoms with Crippen molar-refractivity contribution in [3.8, 4) is 6.07 Å². The molecule has 29 heavy (non-hydrogen) atoms. The molecule has 156 valence electrons. The van der Waals surface area contributed by atoms with Gasteiger partial charge >= 0.3 is 12.9 Å². The molecule has 0 saturated carbocycles. The quantitative estimate of drug-likeness (QED) is 0.119. The smallest absolute Gasteiger partial charge is 0.418 e. The van der Waals surface area contributed by atoms with E-state index in [0.717, 1.165) is 0 Å². The Balaban J connectivity index is 0.000000442. The van der Waals surface area contributed by atoms with E-state index in [1.54, 1.807) is 6.07 Å². The first-order chi connectivity index (χ1) is 13.1. The molecule has 0 saturated heterocycles. The van der Waals surface area contributed by atoms with Crippen LogP contribution in [0.3, 0.4) is 0 Å². The van der Waals surface area contributed by atoms with Gasteiger partial charge in [0, 0.05) is 0 Å². The summed E-state index contributed by atoms with van der Waals surface area (Å²) < 4.78 is 89.3. The molecular formula is C13H2BCl4F8N3. The maximum absolute atomic E-state index is 12.6. The Morgan fingerprint density at radius 1 is 0.759 bits per heavy atom. The molecular weight excluding hydrogens is 503 g/mol. The van der Waals surface area contributed by atoms with Crippen molar-refractivity contribution in [2.75, 3.05) is 0 Å². The third-order valence-electron chi connectivity index (χ3n) is 2.41. The molecule has 0 heterocycles. The standard InChI is InChI=1S/C7HCl2F2N.C6HCl2F2N2.BF4/c8-5-3(2-12)1-4(10)7(11)6(5)9;7-4-3(12-11)1-2(9)6(10)5(4)8;2-1(3,4)5/h2*1H;/q;+1;-1. The van der Waals surface area contributed by atoms with Gasteiger partial charge in [-0.2, -0.15) is 5.26 Å². The third kappa shape index (κ3) is 8.50. The molecule has 0 atom stereocenters. The van der Waals surface area contributed by atoms with E-state index in [0.29, 0.717) is 12.1 Å². The van der Waals surface area contributed by atoms with Crippen LogP contribution in [0.15, 0.2) is 12.1 Å². The number of hydrogen-bond acceptors (Lipinski definition) is 2. The van der Waals surface area contributed by atoms with Gasteiger partial charge in [0.2, 0.25) is 5.39 Å². The molecule has 0 amide bonds. The van der Waals surface area contributed by atoms with Gasteiger partial charge in [0.15, 0.2) is 33.3 Å². The second kappa shape index (κ2) is 11.3. The highest BCUT2D eigenvalue weighted by atomic mass is 35.5. The SMILES string of the molecule is F[B-](F)(F)F.N#Cc1cc(F)c(F)c(Cl)c1Cl.N#[N+]c1cc(F)c(F)c(Cl)c1Cl. The molecule has 0 aromatic heterocycles. The second-order valence-electron chi connectivity index (χ2n) is 4.37. The highest BCUT2D eigenvalue weighted by molar-refractivity contribution is 6.50. The lowest BCUT2D eigenvalue weighted by atomic mass is 10.2. The van der Waals surface area contributed by atoms with E-state index < -0.39 is 40.6 Å². The van der Waals surface area contributed by atoms with Crippen LogP contribution in [-0.2, 0) is 0 Å². The average molecular weight is 505 g/mol. The van der Waals surface area contributed by atoms with Crippen molar-refractivity contribution in [1.29, 1.82) is 10.7 Å². The Hall–Kier alpha value is -1.99. The third-order valence-corrected chi connectivity index (χ3v) is 4.09. The molecule has 2 rings (SSSR count). The molecule has 0 aliphatic carbocycles. The Morgan fingerprint density at radius 2 is 1.14 bits per heavy atom. The van der Waals surface area contributed by atoms with Crippen molar-refractivity contribution in [3.63, 3.8) is 0 Å². The van der Waals surface area contributed by atoms with Gasteiger partial charge in [-0.25, -0.2) is 17.6 Å². The van der Waals surface area contributed by atoms with Crippen LogP contribution >= 0.6 is 46.4 Å². The van der Waals surface area contributed by atoms with Gasteiger partial charge < -0.3 is 17.3 Å². The number of halogens is 12. The van der Waals surface area contributed by atoms with Crippen LogP contribution < -0.4 is 0 Å². The molecule has 0 bridgehead atoms. The van der Waals surface area contributed by atoms with E-state index in [-0.39, 0.29) is 21.3 Å².